The summed E-state index contributed by atoms with van der Waals surface area (Å²) in [5, 5.41) is 2.80. The van der Waals surface area contributed by atoms with Gasteiger partial charge in [-0.15, -0.1) is 0 Å². The molecule has 3 heteroatoms. The van der Waals surface area contributed by atoms with Gasteiger partial charge in [-0.2, -0.15) is 0 Å². The van der Waals surface area contributed by atoms with Crippen molar-refractivity contribution in [3.05, 3.63) is 0 Å². The molecule has 0 fully saturated rings. The molecule has 1 amide bonds. The molecule has 0 spiro atoms. The normalized spacial score (nSPS) is 8.62. The Balaban J connectivity index is 0. The monoisotopic (exact) mass is 189 g/mol. The number of nitrogens with one attached hydrogen (secondary N) is 1. The molecule has 0 radical (unpaired) electrons. The average molecular weight is 189 g/mol. The largest absolute Gasteiger partial charge is 0.385 e. The number of rotatable bonds is 6. The summed E-state index contributed by atoms with van der Waals surface area (Å²) in [6.07, 6.45) is 2.44. The number of amides is 1. The predicted molar refractivity (Wildman–Crippen MR) is 55.8 cm³/mol. The lowest BCUT2D eigenvalue weighted by Gasteiger charge is -2.02. The van der Waals surface area contributed by atoms with Crippen LogP contribution in [0.15, 0.2) is 0 Å². The van der Waals surface area contributed by atoms with Gasteiger partial charge in [0, 0.05) is 26.7 Å². The fraction of sp³-hybridized carbons (Fsp3) is 0.900. The lowest BCUT2D eigenvalue weighted by Crippen LogP contribution is -2.24. The second-order valence-electron chi connectivity index (χ2n) is 2.45. The first-order valence-corrected chi connectivity index (χ1v) is 5.07. The van der Waals surface area contributed by atoms with E-state index in [1.165, 1.54) is 0 Å². The smallest absolute Gasteiger partial charge is 0.219 e. The molecule has 0 aromatic heterocycles. The number of hydrogen-bond acceptors (Lipinski definition) is 2. The van der Waals surface area contributed by atoms with E-state index in [0.29, 0.717) is 13.0 Å². The van der Waals surface area contributed by atoms with Crippen molar-refractivity contribution in [3.8, 4) is 0 Å². The van der Waals surface area contributed by atoms with Crippen LogP contribution in [0.25, 0.3) is 0 Å². The van der Waals surface area contributed by atoms with Crippen molar-refractivity contribution in [3.63, 3.8) is 0 Å². The summed E-state index contributed by atoms with van der Waals surface area (Å²) < 4.78 is 4.83. The molecule has 0 saturated carbocycles. The SMILES string of the molecule is CC.CCCC(=O)NCCCOC. The van der Waals surface area contributed by atoms with Crippen LogP contribution in [-0.4, -0.2) is 26.2 Å². The lowest BCUT2D eigenvalue weighted by molar-refractivity contribution is -0.121. The molecule has 0 aliphatic heterocycles. The van der Waals surface area contributed by atoms with E-state index in [0.717, 1.165) is 19.4 Å². The summed E-state index contributed by atoms with van der Waals surface area (Å²) in [6.45, 7) is 7.44. The zero-order chi connectivity index (χ0) is 10.5. The van der Waals surface area contributed by atoms with Gasteiger partial charge in [-0.3, -0.25) is 4.79 Å². The van der Waals surface area contributed by atoms with Gasteiger partial charge < -0.3 is 10.1 Å². The van der Waals surface area contributed by atoms with E-state index in [-0.39, 0.29) is 5.91 Å². The maximum atomic E-state index is 10.9. The van der Waals surface area contributed by atoms with E-state index in [9.17, 15) is 4.79 Å². The molecular weight excluding hydrogens is 166 g/mol. The highest BCUT2D eigenvalue weighted by atomic mass is 16.5. The molecule has 0 bridgehead atoms. The zero-order valence-corrected chi connectivity index (χ0v) is 9.35. The van der Waals surface area contributed by atoms with Crippen molar-refractivity contribution in [1.29, 1.82) is 0 Å². The minimum absolute atomic E-state index is 0.142. The van der Waals surface area contributed by atoms with Crippen molar-refractivity contribution in [1.82, 2.24) is 5.32 Å². The number of carbonyl (C=O) groups is 1. The number of ether oxygens (including phenoxy) is 1. The van der Waals surface area contributed by atoms with Gasteiger partial charge >= 0.3 is 0 Å². The molecule has 0 unspecified atom stereocenters. The minimum atomic E-state index is 0.142. The van der Waals surface area contributed by atoms with Crippen molar-refractivity contribution in [2.45, 2.75) is 40.0 Å². The van der Waals surface area contributed by atoms with Gasteiger partial charge in [0.1, 0.15) is 0 Å². The van der Waals surface area contributed by atoms with Crippen LogP contribution >= 0.6 is 0 Å². The van der Waals surface area contributed by atoms with E-state index in [2.05, 4.69) is 5.32 Å². The molecule has 0 atom stereocenters. The van der Waals surface area contributed by atoms with Gasteiger partial charge in [0.2, 0.25) is 5.91 Å². The number of carbonyl (C=O) groups excluding carboxylic acids is 1. The van der Waals surface area contributed by atoms with Crippen LogP contribution in [0.2, 0.25) is 0 Å². The fourth-order valence-corrected chi connectivity index (χ4v) is 0.760. The first-order valence-electron chi connectivity index (χ1n) is 5.07. The van der Waals surface area contributed by atoms with E-state index >= 15 is 0 Å². The Hall–Kier alpha value is -0.570. The Kier molecular flexibility index (Phi) is 16.1. The summed E-state index contributed by atoms with van der Waals surface area (Å²) in [4.78, 5) is 10.9. The Morgan fingerprint density at radius 2 is 2.00 bits per heavy atom. The van der Waals surface area contributed by atoms with Crippen molar-refractivity contribution in [2.24, 2.45) is 0 Å². The third-order valence-electron chi connectivity index (χ3n) is 1.32. The summed E-state index contributed by atoms with van der Waals surface area (Å²) in [5.41, 5.74) is 0. The molecule has 1 N–H and O–H groups in total. The van der Waals surface area contributed by atoms with Crippen LogP contribution < -0.4 is 5.32 Å². The van der Waals surface area contributed by atoms with Gasteiger partial charge in [-0.1, -0.05) is 20.8 Å². The molecule has 0 rings (SSSR count). The molecule has 0 heterocycles. The standard InChI is InChI=1S/C8H17NO2.C2H6/c1-3-5-8(10)9-6-4-7-11-2;1-2/h3-7H2,1-2H3,(H,9,10);1-2H3. The zero-order valence-electron chi connectivity index (χ0n) is 9.35. The molecule has 80 valence electrons. The second-order valence-corrected chi connectivity index (χ2v) is 2.45. The second kappa shape index (κ2) is 14.0. The molecule has 0 aromatic rings. The van der Waals surface area contributed by atoms with Crippen LogP contribution in [0.5, 0.6) is 0 Å². The quantitative estimate of drug-likeness (QED) is 0.649. The molecule has 3 nitrogen and oxygen atoms in total. The van der Waals surface area contributed by atoms with E-state index in [4.69, 9.17) is 4.74 Å². The van der Waals surface area contributed by atoms with Crippen LogP contribution in [-0.2, 0) is 9.53 Å². The van der Waals surface area contributed by atoms with Crippen molar-refractivity contribution >= 4 is 5.91 Å². The van der Waals surface area contributed by atoms with Gasteiger partial charge in [0.15, 0.2) is 0 Å². The molecular formula is C10H23NO2. The Morgan fingerprint density at radius 3 is 2.46 bits per heavy atom. The summed E-state index contributed by atoms with van der Waals surface area (Å²) in [5.74, 6) is 0.142. The first-order chi connectivity index (χ1) is 6.31. The maximum absolute atomic E-state index is 10.9. The molecule has 0 aliphatic rings. The molecule has 0 aliphatic carbocycles. The Morgan fingerprint density at radius 1 is 1.38 bits per heavy atom. The molecule has 13 heavy (non-hydrogen) atoms. The van der Waals surface area contributed by atoms with Gasteiger partial charge in [-0.25, -0.2) is 0 Å². The van der Waals surface area contributed by atoms with Crippen LogP contribution in [0.1, 0.15) is 40.0 Å². The third-order valence-corrected chi connectivity index (χ3v) is 1.32. The van der Waals surface area contributed by atoms with Crippen molar-refractivity contribution in [2.75, 3.05) is 20.3 Å². The van der Waals surface area contributed by atoms with E-state index < -0.39 is 0 Å². The number of hydrogen-bond donors (Lipinski definition) is 1. The predicted octanol–water partition coefficient (Wildman–Crippen LogP) is 1.97. The highest BCUT2D eigenvalue weighted by Gasteiger charge is 1.96. The Labute approximate surface area is 81.9 Å². The van der Waals surface area contributed by atoms with Crippen LogP contribution in [0.3, 0.4) is 0 Å². The first kappa shape index (κ1) is 14.9. The summed E-state index contributed by atoms with van der Waals surface area (Å²) >= 11 is 0. The topological polar surface area (TPSA) is 38.3 Å². The maximum Gasteiger partial charge on any atom is 0.219 e. The third kappa shape index (κ3) is 14.3. The summed E-state index contributed by atoms with van der Waals surface area (Å²) in [7, 11) is 1.66. The van der Waals surface area contributed by atoms with Crippen molar-refractivity contribution < 1.29 is 9.53 Å². The highest BCUT2D eigenvalue weighted by Crippen LogP contribution is 1.85. The van der Waals surface area contributed by atoms with Gasteiger partial charge in [-0.05, 0) is 12.8 Å². The molecule has 0 aromatic carbocycles. The van der Waals surface area contributed by atoms with E-state index in [1.807, 2.05) is 20.8 Å². The highest BCUT2D eigenvalue weighted by molar-refractivity contribution is 5.75. The van der Waals surface area contributed by atoms with Crippen LogP contribution in [0.4, 0.5) is 0 Å². The molecule has 0 saturated heterocycles. The van der Waals surface area contributed by atoms with Gasteiger partial charge in [0.25, 0.3) is 0 Å². The summed E-state index contributed by atoms with van der Waals surface area (Å²) in [6, 6.07) is 0. The lowest BCUT2D eigenvalue weighted by atomic mass is 10.3. The minimum Gasteiger partial charge on any atom is -0.385 e. The van der Waals surface area contributed by atoms with Crippen LogP contribution in [0, 0.1) is 0 Å². The van der Waals surface area contributed by atoms with E-state index in [1.54, 1.807) is 7.11 Å². The van der Waals surface area contributed by atoms with Gasteiger partial charge in [0.05, 0.1) is 0 Å². The average Bonchev–Trinajstić information content (AvgIpc) is 2.16. The number of methoxy groups -OCH3 is 1. The fourth-order valence-electron chi connectivity index (χ4n) is 0.760. The Bertz CT molecular complexity index is 105.